The van der Waals surface area contributed by atoms with Crippen molar-refractivity contribution in [3.63, 3.8) is 0 Å². The Hall–Kier alpha value is -3.27. The van der Waals surface area contributed by atoms with Crippen LogP contribution in [0.15, 0.2) is 36.0 Å². The van der Waals surface area contributed by atoms with Crippen molar-refractivity contribution < 1.29 is 9.72 Å². The van der Waals surface area contributed by atoms with Crippen molar-refractivity contribution in [3.8, 4) is 0 Å². The van der Waals surface area contributed by atoms with E-state index in [4.69, 9.17) is 0 Å². The molecule has 0 spiro atoms. The molecule has 9 nitrogen and oxygen atoms in total. The molecule has 2 aliphatic heterocycles. The first kappa shape index (κ1) is 22.5. The minimum absolute atomic E-state index is 0.00613. The van der Waals surface area contributed by atoms with E-state index >= 15 is 0 Å². The molecule has 2 aliphatic rings. The number of benzene rings is 1. The number of aromatic nitrogens is 2. The SMILES string of the molecule is CC1CC(C)CN(c2ccc(C(=O)N3CCN(c4ncnc5sccc45)CC3)cc2[N+](=O)[O-])C1. The summed E-state index contributed by atoms with van der Waals surface area (Å²) in [7, 11) is 0. The van der Waals surface area contributed by atoms with Crippen LogP contribution in [0.1, 0.15) is 30.6 Å². The summed E-state index contributed by atoms with van der Waals surface area (Å²) in [5, 5.41) is 14.9. The van der Waals surface area contributed by atoms with Gasteiger partial charge in [0.15, 0.2) is 0 Å². The van der Waals surface area contributed by atoms with Crippen LogP contribution in [0.4, 0.5) is 17.2 Å². The molecule has 2 fully saturated rings. The third-order valence-electron chi connectivity index (χ3n) is 6.74. The van der Waals surface area contributed by atoms with Gasteiger partial charge in [-0.2, -0.15) is 0 Å². The van der Waals surface area contributed by atoms with E-state index < -0.39 is 0 Å². The molecule has 4 heterocycles. The van der Waals surface area contributed by atoms with Gasteiger partial charge in [0.2, 0.25) is 0 Å². The van der Waals surface area contributed by atoms with Gasteiger partial charge in [0.25, 0.3) is 11.6 Å². The van der Waals surface area contributed by atoms with E-state index in [1.165, 1.54) is 6.07 Å². The van der Waals surface area contributed by atoms with E-state index in [0.717, 1.165) is 35.5 Å². The molecule has 1 amide bonds. The Morgan fingerprint density at radius 1 is 1.06 bits per heavy atom. The lowest BCUT2D eigenvalue weighted by Crippen LogP contribution is -2.49. The smallest absolute Gasteiger partial charge is 0.293 e. The molecule has 178 valence electrons. The molecule has 2 unspecified atom stereocenters. The van der Waals surface area contributed by atoms with Gasteiger partial charge >= 0.3 is 0 Å². The number of nitrogens with zero attached hydrogens (tertiary/aromatic N) is 6. The highest BCUT2D eigenvalue weighted by atomic mass is 32.1. The van der Waals surface area contributed by atoms with Gasteiger partial charge in [-0.1, -0.05) is 13.8 Å². The average molecular weight is 481 g/mol. The van der Waals surface area contributed by atoms with E-state index in [9.17, 15) is 14.9 Å². The van der Waals surface area contributed by atoms with Crippen molar-refractivity contribution in [1.29, 1.82) is 0 Å². The molecule has 34 heavy (non-hydrogen) atoms. The molecule has 3 aromatic rings. The number of rotatable bonds is 4. The van der Waals surface area contributed by atoms with E-state index in [1.54, 1.807) is 34.7 Å². The van der Waals surface area contributed by atoms with Crippen LogP contribution in [-0.4, -0.2) is 65.0 Å². The number of nitro benzene ring substituents is 1. The van der Waals surface area contributed by atoms with Crippen LogP contribution in [0.5, 0.6) is 0 Å². The van der Waals surface area contributed by atoms with Crippen molar-refractivity contribution in [2.45, 2.75) is 20.3 Å². The number of nitro groups is 1. The van der Waals surface area contributed by atoms with Crippen molar-refractivity contribution in [2.75, 3.05) is 49.1 Å². The standard InChI is InChI=1S/C24H28N6O3S/c1-16-11-17(2)14-29(13-16)20-4-3-18(12-21(20)30(32)33)24(31)28-8-6-27(7-9-28)22-19-5-10-34-23(19)26-15-25-22/h3-5,10,12,15-17H,6-9,11,13-14H2,1-2H3. The summed E-state index contributed by atoms with van der Waals surface area (Å²) in [5.74, 6) is 1.68. The fourth-order valence-corrected chi connectivity index (χ4v) is 5.99. The summed E-state index contributed by atoms with van der Waals surface area (Å²) in [6.45, 7) is 8.31. The molecule has 0 N–H and O–H groups in total. The fourth-order valence-electron chi connectivity index (χ4n) is 5.26. The molecule has 0 saturated carbocycles. The first-order valence-electron chi connectivity index (χ1n) is 11.7. The molecule has 0 aliphatic carbocycles. The van der Waals surface area contributed by atoms with Crippen LogP contribution in [0.2, 0.25) is 0 Å². The maximum Gasteiger partial charge on any atom is 0.293 e. The number of carbonyl (C=O) groups excluding carboxylic acids is 1. The van der Waals surface area contributed by atoms with Crippen molar-refractivity contribution in [1.82, 2.24) is 14.9 Å². The van der Waals surface area contributed by atoms with Crippen LogP contribution in [0, 0.1) is 22.0 Å². The molecule has 0 radical (unpaired) electrons. The lowest BCUT2D eigenvalue weighted by Gasteiger charge is -2.36. The van der Waals surface area contributed by atoms with Gasteiger partial charge in [0.1, 0.15) is 22.7 Å². The zero-order valence-electron chi connectivity index (χ0n) is 19.4. The summed E-state index contributed by atoms with van der Waals surface area (Å²) in [6.07, 6.45) is 2.70. The average Bonchev–Trinajstić information content (AvgIpc) is 3.32. The van der Waals surface area contributed by atoms with Crippen LogP contribution in [0.25, 0.3) is 10.2 Å². The number of hydrogen-bond acceptors (Lipinski definition) is 8. The summed E-state index contributed by atoms with van der Waals surface area (Å²) >= 11 is 1.58. The van der Waals surface area contributed by atoms with Crippen LogP contribution in [0.3, 0.4) is 0 Å². The summed E-state index contributed by atoms with van der Waals surface area (Å²) in [4.78, 5) is 40.5. The molecule has 2 aromatic heterocycles. The third-order valence-corrected chi connectivity index (χ3v) is 7.56. The van der Waals surface area contributed by atoms with Crippen molar-refractivity contribution >= 4 is 44.7 Å². The molecular formula is C24H28N6O3S. The van der Waals surface area contributed by atoms with E-state index in [0.29, 0.717) is 49.3 Å². The Morgan fingerprint density at radius 3 is 2.50 bits per heavy atom. The van der Waals surface area contributed by atoms with E-state index in [1.807, 2.05) is 11.4 Å². The number of piperazine rings is 1. The highest BCUT2D eigenvalue weighted by Gasteiger charge is 2.30. The lowest BCUT2D eigenvalue weighted by atomic mass is 9.91. The maximum atomic E-state index is 13.2. The lowest BCUT2D eigenvalue weighted by molar-refractivity contribution is -0.384. The monoisotopic (exact) mass is 480 g/mol. The van der Waals surface area contributed by atoms with E-state index in [2.05, 4.69) is 33.6 Å². The predicted molar refractivity (Wildman–Crippen MR) is 134 cm³/mol. The number of carbonyl (C=O) groups is 1. The Morgan fingerprint density at radius 2 is 1.79 bits per heavy atom. The highest BCUT2D eigenvalue weighted by molar-refractivity contribution is 7.16. The molecule has 10 heteroatoms. The Labute approximate surface area is 202 Å². The molecule has 2 atom stereocenters. The summed E-state index contributed by atoms with van der Waals surface area (Å²) in [5.41, 5.74) is 0.976. The number of fused-ring (bicyclic) bond motifs is 1. The molecule has 1 aromatic carbocycles. The van der Waals surface area contributed by atoms with Gasteiger partial charge in [-0.15, -0.1) is 11.3 Å². The predicted octanol–water partition coefficient (Wildman–Crippen LogP) is 4.04. The largest absolute Gasteiger partial charge is 0.365 e. The first-order valence-corrected chi connectivity index (χ1v) is 12.5. The molecule has 5 rings (SSSR count). The zero-order valence-corrected chi connectivity index (χ0v) is 20.2. The van der Waals surface area contributed by atoms with Crippen molar-refractivity contribution in [2.24, 2.45) is 11.8 Å². The Bertz CT molecular complexity index is 1210. The Balaban J connectivity index is 1.31. The molecular weight excluding hydrogens is 452 g/mol. The highest BCUT2D eigenvalue weighted by Crippen LogP contribution is 2.34. The van der Waals surface area contributed by atoms with Gasteiger partial charge in [-0.3, -0.25) is 14.9 Å². The molecule has 0 bridgehead atoms. The number of anilines is 2. The van der Waals surface area contributed by atoms with Gasteiger partial charge in [0.05, 0.1) is 10.3 Å². The maximum absolute atomic E-state index is 13.2. The second-order valence-electron chi connectivity index (χ2n) is 9.43. The zero-order chi connectivity index (χ0) is 23.8. The van der Waals surface area contributed by atoms with Crippen LogP contribution >= 0.6 is 11.3 Å². The minimum atomic E-state index is -0.366. The third kappa shape index (κ3) is 4.29. The summed E-state index contributed by atoms with van der Waals surface area (Å²) < 4.78 is 0. The van der Waals surface area contributed by atoms with Gasteiger partial charge in [-0.25, -0.2) is 9.97 Å². The quantitative estimate of drug-likeness (QED) is 0.411. The number of hydrogen-bond donors (Lipinski definition) is 0. The van der Waals surface area contributed by atoms with Gasteiger partial charge in [0, 0.05) is 50.9 Å². The van der Waals surface area contributed by atoms with Gasteiger partial charge < -0.3 is 14.7 Å². The van der Waals surface area contributed by atoms with Gasteiger partial charge in [-0.05, 0) is 41.8 Å². The second kappa shape index (κ2) is 9.17. The molecule has 2 saturated heterocycles. The number of thiophene rings is 1. The van der Waals surface area contributed by atoms with E-state index in [-0.39, 0.29) is 16.5 Å². The number of amides is 1. The normalized spacial score (nSPS) is 21.2. The van der Waals surface area contributed by atoms with Crippen molar-refractivity contribution in [3.05, 3.63) is 51.7 Å². The topological polar surface area (TPSA) is 95.7 Å². The summed E-state index contributed by atoms with van der Waals surface area (Å²) in [6, 6.07) is 6.96. The minimum Gasteiger partial charge on any atom is -0.365 e. The first-order chi connectivity index (χ1) is 16.4. The second-order valence-corrected chi connectivity index (χ2v) is 10.3. The fraction of sp³-hybridized carbons (Fsp3) is 0.458. The number of piperidine rings is 1. The van der Waals surface area contributed by atoms with Crippen LogP contribution < -0.4 is 9.80 Å². The Kier molecular flexibility index (Phi) is 6.07. The van der Waals surface area contributed by atoms with Crippen LogP contribution in [-0.2, 0) is 0 Å².